The molecule has 0 radical (unpaired) electrons. The third kappa shape index (κ3) is 12.6. The van der Waals surface area contributed by atoms with E-state index in [1.54, 1.807) is 0 Å². The van der Waals surface area contributed by atoms with E-state index in [0.29, 0.717) is 0 Å². The molecule has 1 heterocycles. The van der Waals surface area contributed by atoms with Crippen LogP contribution >= 0.6 is 11.8 Å². The van der Waals surface area contributed by atoms with Gasteiger partial charge in [0.2, 0.25) is 0 Å². The summed E-state index contributed by atoms with van der Waals surface area (Å²) in [6.45, 7) is 9.32. The van der Waals surface area contributed by atoms with Crippen molar-refractivity contribution in [1.29, 1.82) is 0 Å². The van der Waals surface area contributed by atoms with Crippen LogP contribution in [-0.2, 0) is 6.42 Å². The van der Waals surface area contributed by atoms with Crippen molar-refractivity contribution in [2.24, 2.45) is 11.8 Å². The molecule has 3 heteroatoms. The Labute approximate surface area is 208 Å². The summed E-state index contributed by atoms with van der Waals surface area (Å²) in [5.41, 5.74) is 2.37. The molecule has 0 fully saturated rings. The van der Waals surface area contributed by atoms with Gasteiger partial charge in [-0.1, -0.05) is 104 Å². The number of unbranched alkanes of at least 4 members (excludes halogenated alkanes) is 7. The summed E-state index contributed by atoms with van der Waals surface area (Å²) < 4.78 is 0. The molecule has 0 N–H and O–H groups in total. The van der Waals surface area contributed by atoms with Crippen LogP contribution in [0, 0.1) is 11.8 Å². The molecule has 0 aliphatic carbocycles. The molecule has 2 aromatic rings. The van der Waals surface area contributed by atoms with Crippen molar-refractivity contribution in [1.82, 2.24) is 9.97 Å². The Kier molecular flexibility index (Phi) is 14.5. The fourth-order valence-electron chi connectivity index (χ4n) is 4.19. The summed E-state index contributed by atoms with van der Waals surface area (Å²) >= 11 is 1.97. The molecule has 1 unspecified atom stereocenters. The Hall–Kier alpha value is -1.35. The van der Waals surface area contributed by atoms with E-state index >= 15 is 0 Å². The van der Waals surface area contributed by atoms with Gasteiger partial charge in [0.05, 0.1) is 0 Å². The first-order valence-electron chi connectivity index (χ1n) is 13.6. The van der Waals surface area contributed by atoms with E-state index in [1.165, 1.54) is 93.3 Å². The van der Waals surface area contributed by atoms with Crippen molar-refractivity contribution in [2.75, 3.05) is 5.75 Å². The van der Waals surface area contributed by atoms with Crippen LogP contribution in [0.25, 0.3) is 11.4 Å². The number of nitrogens with zero attached hydrogens (tertiary/aromatic N) is 2. The molecule has 0 spiro atoms. The van der Waals surface area contributed by atoms with E-state index in [9.17, 15) is 0 Å². The lowest BCUT2D eigenvalue weighted by atomic mass is 9.98. The van der Waals surface area contributed by atoms with Gasteiger partial charge < -0.3 is 0 Å². The number of hydrogen-bond donors (Lipinski definition) is 0. The topological polar surface area (TPSA) is 25.8 Å². The molecule has 0 bridgehead atoms. The van der Waals surface area contributed by atoms with E-state index in [2.05, 4.69) is 61.9 Å². The van der Waals surface area contributed by atoms with E-state index in [0.717, 1.165) is 29.6 Å². The van der Waals surface area contributed by atoms with Gasteiger partial charge in [-0.3, -0.25) is 0 Å². The van der Waals surface area contributed by atoms with Gasteiger partial charge in [-0.15, -0.1) is 11.8 Å². The number of aryl methyl sites for hydroxylation is 1. The van der Waals surface area contributed by atoms with Gasteiger partial charge in [0.15, 0.2) is 5.82 Å². The lowest BCUT2D eigenvalue weighted by Gasteiger charge is -2.12. The van der Waals surface area contributed by atoms with Crippen LogP contribution in [0.15, 0.2) is 41.6 Å². The Bertz CT molecular complexity index is 724. The van der Waals surface area contributed by atoms with E-state index in [1.807, 2.05) is 24.2 Å². The van der Waals surface area contributed by atoms with E-state index < -0.39 is 0 Å². The van der Waals surface area contributed by atoms with Crippen LogP contribution in [0.3, 0.4) is 0 Å². The maximum atomic E-state index is 4.64. The number of thioether (sulfide) groups is 1. The van der Waals surface area contributed by atoms with Crippen molar-refractivity contribution in [3.05, 3.63) is 42.2 Å². The average Bonchev–Trinajstić information content (AvgIpc) is 2.81. The van der Waals surface area contributed by atoms with Gasteiger partial charge in [0.1, 0.15) is 0 Å². The zero-order valence-corrected chi connectivity index (χ0v) is 22.6. The predicted molar refractivity (Wildman–Crippen MR) is 147 cm³/mol. The van der Waals surface area contributed by atoms with Gasteiger partial charge >= 0.3 is 0 Å². The Balaban J connectivity index is 1.65. The molecule has 0 saturated heterocycles. The number of aromatic nitrogens is 2. The van der Waals surface area contributed by atoms with Crippen molar-refractivity contribution < 1.29 is 0 Å². The molecule has 0 aliphatic heterocycles. The molecule has 2 nitrogen and oxygen atoms in total. The third-order valence-corrected chi connectivity index (χ3v) is 7.54. The molecule has 0 amide bonds. The highest BCUT2D eigenvalue weighted by Gasteiger charge is 2.06. The Morgan fingerprint density at radius 1 is 0.727 bits per heavy atom. The van der Waals surface area contributed by atoms with E-state index in [-0.39, 0.29) is 0 Å². The van der Waals surface area contributed by atoms with Crippen LogP contribution < -0.4 is 0 Å². The van der Waals surface area contributed by atoms with Crippen molar-refractivity contribution in [2.45, 2.75) is 116 Å². The van der Waals surface area contributed by atoms with Crippen LogP contribution in [0.2, 0.25) is 0 Å². The first-order valence-corrected chi connectivity index (χ1v) is 14.6. The summed E-state index contributed by atoms with van der Waals surface area (Å²) in [6.07, 6.45) is 21.4. The first kappa shape index (κ1) is 27.9. The summed E-state index contributed by atoms with van der Waals surface area (Å²) in [4.78, 5) is 10.6. The van der Waals surface area contributed by atoms with Crippen LogP contribution in [0.1, 0.15) is 110 Å². The summed E-state index contributed by atoms with van der Waals surface area (Å²) in [5, 5.41) is 0. The average molecular weight is 469 g/mol. The van der Waals surface area contributed by atoms with Gasteiger partial charge in [-0.05, 0) is 54.5 Å². The molecule has 2 rings (SSSR count). The Morgan fingerprint density at radius 2 is 1.36 bits per heavy atom. The maximum Gasteiger partial charge on any atom is 0.159 e. The minimum Gasteiger partial charge on any atom is -0.236 e. The van der Waals surface area contributed by atoms with Crippen molar-refractivity contribution in [3.8, 4) is 11.4 Å². The summed E-state index contributed by atoms with van der Waals surface area (Å²) in [6, 6.07) is 8.78. The molecule has 1 aromatic carbocycles. The monoisotopic (exact) mass is 468 g/mol. The first-order chi connectivity index (χ1) is 16.1. The fraction of sp³-hybridized carbons (Fsp3) is 0.667. The van der Waals surface area contributed by atoms with Crippen molar-refractivity contribution in [3.63, 3.8) is 0 Å². The lowest BCUT2D eigenvalue weighted by molar-refractivity contribution is 0.451. The zero-order valence-electron chi connectivity index (χ0n) is 21.8. The predicted octanol–water partition coefficient (Wildman–Crippen LogP) is 9.77. The number of hydrogen-bond acceptors (Lipinski definition) is 3. The second-order valence-electron chi connectivity index (χ2n) is 10.2. The van der Waals surface area contributed by atoms with Crippen molar-refractivity contribution >= 4 is 11.8 Å². The second kappa shape index (κ2) is 17.1. The van der Waals surface area contributed by atoms with Gasteiger partial charge in [0, 0.05) is 22.9 Å². The van der Waals surface area contributed by atoms with Gasteiger partial charge in [0.25, 0.3) is 0 Å². The van der Waals surface area contributed by atoms with Gasteiger partial charge in [-0.25, -0.2) is 9.97 Å². The molecule has 0 saturated carbocycles. The molecule has 1 aromatic heterocycles. The molecule has 184 valence electrons. The summed E-state index contributed by atoms with van der Waals surface area (Å²) in [5.74, 6) is 3.70. The normalized spacial score (nSPS) is 12.4. The Morgan fingerprint density at radius 3 is 2.00 bits per heavy atom. The third-order valence-electron chi connectivity index (χ3n) is 6.49. The minimum atomic E-state index is 0.827. The highest BCUT2D eigenvalue weighted by molar-refractivity contribution is 7.99. The number of rotatable bonds is 18. The second-order valence-corrected chi connectivity index (χ2v) is 11.4. The fourth-order valence-corrected chi connectivity index (χ4v) is 5.28. The van der Waals surface area contributed by atoms with E-state index in [4.69, 9.17) is 0 Å². The highest BCUT2D eigenvalue weighted by atomic mass is 32.2. The minimum absolute atomic E-state index is 0.827. The number of benzene rings is 1. The van der Waals surface area contributed by atoms with Crippen LogP contribution in [-0.4, -0.2) is 15.7 Å². The van der Waals surface area contributed by atoms with Crippen LogP contribution in [0.4, 0.5) is 0 Å². The smallest absolute Gasteiger partial charge is 0.159 e. The largest absolute Gasteiger partial charge is 0.236 e. The van der Waals surface area contributed by atoms with Crippen LogP contribution in [0.5, 0.6) is 0 Å². The molecule has 0 aliphatic rings. The van der Waals surface area contributed by atoms with Gasteiger partial charge in [-0.2, -0.15) is 0 Å². The standard InChI is InChI=1S/C30H48N2S/c1-5-6-7-8-9-10-11-12-16-27-23-31-30(32-24-27)28-17-19-29(20-18-28)33-22-21-26(4)15-13-14-25(2)3/h17-20,23-26H,5-16,21-22H2,1-4H3. The summed E-state index contributed by atoms with van der Waals surface area (Å²) in [7, 11) is 0. The lowest BCUT2D eigenvalue weighted by Crippen LogP contribution is -1.98. The maximum absolute atomic E-state index is 4.64. The molecular formula is C30H48N2S. The molecule has 1 atom stereocenters. The highest BCUT2D eigenvalue weighted by Crippen LogP contribution is 2.25. The molecular weight excluding hydrogens is 420 g/mol. The molecule has 33 heavy (non-hydrogen) atoms. The quantitative estimate of drug-likeness (QED) is 0.161. The SMILES string of the molecule is CCCCCCCCCCc1cnc(-c2ccc(SCCC(C)CCCC(C)C)cc2)nc1. The zero-order chi connectivity index (χ0) is 23.7.